The van der Waals surface area contributed by atoms with Crippen molar-refractivity contribution in [2.45, 2.75) is 33.1 Å². The van der Waals surface area contributed by atoms with Crippen molar-refractivity contribution in [3.63, 3.8) is 0 Å². The van der Waals surface area contributed by atoms with Crippen LogP contribution in [0.4, 0.5) is 5.82 Å². The zero-order valence-corrected chi connectivity index (χ0v) is 17.5. The summed E-state index contributed by atoms with van der Waals surface area (Å²) in [6.45, 7) is 7.21. The predicted molar refractivity (Wildman–Crippen MR) is 109 cm³/mol. The first kappa shape index (κ1) is 21.0. The van der Waals surface area contributed by atoms with E-state index in [0.29, 0.717) is 10.7 Å². The van der Waals surface area contributed by atoms with Crippen LogP contribution in [0.2, 0.25) is 5.15 Å². The molecule has 5 nitrogen and oxygen atoms in total. The molecule has 0 bridgehead atoms. The third kappa shape index (κ3) is 4.89. The number of halogens is 1. The zero-order chi connectivity index (χ0) is 19.3. The number of carbonyl (C=O) groups excluding carboxylic acids is 1. The van der Waals surface area contributed by atoms with Gasteiger partial charge in [-0.15, -0.1) is 0 Å². The van der Waals surface area contributed by atoms with E-state index >= 15 is 0 Å². The van der Waals surface area contributed by atoms with Crippen LogP contribution in [0.15, 0.2) is 12.1 Å². The smallest absolute Gasteiger partial charge is 0.256 e. The standard InChI is InChI=1S/C18H27ClN4O.C2H6/c1-20-11-13-10-15(13)12-6-8-23(9-7-12)16-5-4-14(17(19)21-16)18(24)22(2)3;1-2/h4-5,12-13,15,20H,6-11H2,1-3H3;1-2H3. The number of anilines is 1. The summed E-state index contributed by atoms with van der Waals surface area (Å²) in [7, 11) is 5.48. The second-order valence-corrected chi connectivity index (χ2v) is 7.61. The number of pyridine rings is 1. The lowest BCUT2D eigenvalue weighted by Crippen LogP contribution is -2.35. The van der Waals surface area contributed by atoms with Crippen molar-refractivity contribution in [2.24, 2.45) is 17.8 Å². The maximum atomic E-state index is 12.0. The van der Waals surface area contributed by atoms with E-state index in [1.807, 2.05) is 27.0 Å². The van der Waals surface area contributed by atoms with Crippen LogP contribution in [-0.4, -0.2) is 56.6 Å². The largest absolute Gasteiger partial charge is 0.357 e. The van der Waals surface area contributed by atoms with Gasteiger partial charge in [0.2, 0.25) is 0 Å². The van der Waals surface area contributed by atoms with Gasteiger partial charge in [0.1, 0.15) is 11.0 Å². The van der Waals surface area contributed by atoms with Crippen molar-refractivity contribution < 1.29 is 4.79 Å². The van der Waals surface area contributed by atoms with E-state index in [-0.39, 0.29) is 5.91 Å². The first-order chi connectivity index (χ1) is 12.5. The fraction of sp³-hybridized carbons (Fsp3) is 0.700. The molecule has 2 atom stereocenters. The number of amides is 1. The maximum Gasteiger partial charge on any atom is 0.256 e. The van der Waals surface area contributed by atoms with Gasteiger partial charge in [-0.25, -0.2) is 4.98 Å². The molecule has 2 heterocycles. The molecule has 3 rings (SSSR count). The molecule has 0 radical (unpaired) electrons. The number of rotatable bonds is 5. The Morgan fingerprint density at radius 3 is 2.50 bits per heavy atom. The highest BCUT2D eigenvalue weighted by atomic mass is 35.5. The lowest BCUT2D eigenvalue weighted by molar-refractivity contribution is 0.0827. The number of nitrogens with one attached hydrogen (secondary N) is 1. The molecule has 6 heteroatoms. The number of hydrogen-bond acceptors (Lipinski definition) is 4. The molecule has 1 saturated heterocycles. The second kappa shape index (κ2) is 9.56. The highest BCUT2D eigenvalue weighted by Gasteiger charge is 2.42. The van der Waals surface area contributed by atoms with Gasteiger partial charge in [0.25, 0.3) is 5.91 Å². The Kier molecular flexibility index (Phi) is 7.71. The SMILES string of the molecule is CC.CNCC1CC1C1CCN(c2ccc(C(=O)N(C)C)c(Cl)n2)CC1. The Labute approximate surface area is 163 Å². The van der Waals surface area contributed by atoms with E-state index in [1.54, 1.807) is 20.2 Å². The lowest BCUT2D eigenvalue weighted by Gasteiger charge is -2.33. The summed E-state index contributed by atoms with van der Waals surface area (Å²) in [5, 5.41) is 3.59. The monoisotopic (exact) mass is 380 g/mol. The minimum atomic E-state index is -0.109. The van der Waals surface area contributed by atoms with E-state index in [1.165, 1.54) is 24.2 Å². The topological polar surface area (TPSA) is 48.5 Å². The quantitative estimate of drug-likeness (QED) is 0.794. The maximum absolute atomic E-state index is 12.0. The van der Waals surface area contributed by atoms with Crippen LogP contribution in [0.3, 0.4) is 0 Å². The summed E-state index contributed by atoms with van der Waals surface area (Å²) in [5.41, 5.74) is 0.466. The van der Waals surface area contributed by atoms with Crippen molar-refractivity contribution >= 4 is 23.3 Å². The van der Waals surface area contributed by atoms with Gasteiger partial charge in [0.05, 0.1) is 5.56 Å². The molecule has 2 aliphatic rings. The molecule has 0 aromatic carbocycles. The summed E-state index contributed by atoms with van der Waals surface area (Å²) < 4.78 is 0. The van der Waals surface area contributed by atoms with E-state index in [4.69, 9.17) is 11.6 Å². The highest BCUT2D eigenvalue weighted by molar-refractivity contribution is 6.32. The Morgan fingerprint density at radius 1 is 1.31 bits per heavy atom. The fourth-order valence-electron chi connectivity index (χ4n) is 3.90. The average Bonchev–Trinajstić information content (AvgIpc) is 3.42. The summed E-state index contributed by atoms with van der Waals surface area (Å²) in [6.07, 6.45) is 3.84. The Balaban J connectivity index is 0.00000117. The number of nitrogens with zero attached hydrogens (tertiary/aromatic N) is 3. The van der Waals surface area contributed by atoms with Gasteiger partial charge in [-0.2, -0.15) is 0 Å². The van der Waals surface area contributed by atoms with Crippen LogP contribution in [0, 0.1) is 17.8 Å². The summed E-state index contributed by atoms with van der Waals surface area (Å²) in [6, 6.07) is 3.72. The predicted octanol–water partition coefficient (Wildman–Crippen LogP) is 3.53. The molecule has 1 N–H and O–H groups in total. The second-order valence-electron chi connectivity index (χ2n) is 7.25. The lowest BCUT2D eigenvalue weighted by atomic mass is 9.91. The first-order valence-corrected chi connectivity index (χ1v) is 10.2. The van der Waals surface area contributed by atoms with Gasteiger partial charge >= 0.3 is 0 Å². The Morgan fingerprint density at radius 2 is 1.96 bits per heavy atom. The first-order valence-electron chi connectivity index (χ1n) is 9.79. The molecule has 1 aromatic rings. The molecule has 26 heavy (non-hydrogen) atoms. The van der Waals surface area contributed by atoms with Gasteiger partial charge in [0.15, 0.2) is 0 Å². The molecule has 1 aliphatic heterocycles. The van der Waals surface area contributed by atoms with E-state index in [0.717, 1.165) is 43.2 Å². The molecule has 1 saturated carbocycles. The van der Waals surface area contributed by atoms with E-state index in [2.05, 4.69) is 15.2 Å². The molecule has 0 spiro atoms. The number of hydrogen-bond donors (Lipinski definition) is 1. The van der Waals surface area contributed by atoms with Crippen molar-refractivity contribution in [3.8, 4) is 0 Å². The van der Waals surface area contributed by atoms with Crippen molar-refractivity contribution in [1.82, 2.24) is 15.2 Å². The van der Waals surface area contributed by atoms with E-state index in [9.17, 15) is 4.79 Å². The van der Waals surface area contributed by atoms with Crippen LogP contribution < -0.4 is 10.2 Å². The van der Waals surface area contributed by atoms with Gasteiger partial charge < -0.3 is 15.1 Å². The zero-order valence-electron chi connectivity index (χ0n) is 16.8. The van der Waals surface area contributed by atoms with Gasteiger partial charge in [-0.3, -0.25) is 4.79 Å². The summed E-state index contributed by atoms with van der Waals surface area (Å²) in [4.78, 5) is 20.3. The molecule has 1 amide bonds. The molecule has 146 valence electrons. The third-order valence-corrected chi connectivity index (χ3v) is 5.67. The van der Waals surface area contributed by atoms with Crippen LogP contribution in [0.1, 0.15) is 43.5 Å². The van der Waals surface area contributed by atoms with Crippen molar-refractivity contribution in [3.05, 3.63) is 22.8 Å². The van der Waals surface area contributed by atoms with Crippen LogP contribution in [-0.2, 0) is 0 Å². The normalized spacial score (nSPS) is 22.5. The van der Waals surface area contributed by atoms with Gasteiger partial charge in [0, 0.05) is 27.2 Å². The van der Waals surface area contributed by atoms with Crippen LogP contribution >= 0.6 is 11.6 Å². The minimum Gasteiger partial charge on any atom is -0.357 e. The van der Waals surface area contributed by atoms with Crippen molar-refractivity contribution in [1.29, 1.82) is 0 Å². The molecular weight excluding hydrogens is 348 g/mol. The highest BCUT2D eigenvalue weighted by Crippen LogP contribution is 2.47. The number of piperidine rings is 1. The van der Waals surface area contributed by atoms with Gasteiger partial charge in [-0.05, 0) is 62.7 Å². The van der Waals surface area contributed by atoms with Crippen molar-refractivity contribution in [2.75, 3.05) is 45.7 Å². The van der Waals surface area contributed by atoms with Crippen LogP contribution in [0.25, 0.3) is 0 Å². The van der Waals surface area contributed by atoms with Crippen LogP contribution in [0.5, 0.6) is 0 Å². The average molecular weight is 381 g/mol. The van der Waals surface area contributed by atoms with Gasteiger partial charge in [-0.1, -0.05) is 25.4 Å². The molecule has 2 unspecified atom stereocenters. The molecule has 1 aromatic heterocycles. The fourth-order valence-corrected chi connectivity index (χ4v) is 4.13. The Bertz CT molecular complexity index is 599. The minimum absolute atomic E-state index is 0.109. The summed E-state index contributed by atoms with van der Waals surface area (Å²) >= 11 is 6.24. The molecule has 1 aliphatic carbocycles. The van der Waals surface area contributed by atoms with E-state index < -0.39 is 0 Å². The summed E-state index contributed by atoms with van der Waals surface area (Å²) in [5.74, 6) is 3.43. The molecule has 2 fully saturated rings. The number of carbonyl (C=O) groups is 1. The Hall–Kier alpha value is -1.33. The molecular formula is C20H33ClN4O. The third-order valence-electron chi connectivity index (χ3n) is 5.38. The number of aromatic nitrogens is 1.